The van der Waals surface area contributed by atoms with E-state index in [-0.39, 0.29) is 5.41 Å². The molecule has 0 saturated carbocycles. The van der Waals surface area contributed by atoms with Crippen molar-refractivity contribution in [2.75, 3.05) is 0 Å². The summed E-state index contributed by atoms with van der Waals surface area (Å²) in [6, 6.07) is 7.59. The predicted molar refractivity (Wildman–Crippen MR) is 68.8 cm³/mol. The van der Waals surface area contributed by atoms with E-state index >= 15 is 0 Å². The van der Waals surface area contributed by atoms with Crippen molar-refractivity contribution in [3.63, 3.8) is 0 Å². The second-order valence-electron chi connectivity index (χ2n) is 4.83. The van der Waals surface area contributed by atoms with E-state index in [1.807, 2.05) is 31.2 Å². The van der Waals surface area contributed by atoms with Gasteiger partial charge >= 0.3 is 0 Å². The summed E-state index contributed by atoms with van der Waals surface area (Å²) < 4.78 is 0. The molecule has 1 aromatic carbocycles. The topological polar surface area (TPSA) is 21.6 Å². The molecular formula is C13H18ClNO. The highest BCUT2D eigenvalue weighted by Crippen LogP contribution is 2.16. The third-order valence-corrected chi connectivity index (χ3v) is 2.64. The van der Waals surface area contributed by atoms with Crippen molar-refractivity contribution in [3.8, 4) is 0 Å². The van der Waals surface area contributed by atoms with Gasteiger partial charge in [0.15, 0.2) is 0 Å². The lowest BCUT2D eigenvalue weighted by Gasteiger charge is -2.16. The number of nitrogens with zero attached hydrogens (tertiary/aromatic N) is 1. The zero-order chi connectivity index (χ0) is 12.2. The third kappa shape index (κ3) is 4.23. The van der Waals surface area contributed by atoms with Gasteiger partial charge < -0.3 is 4.84 Å². The Morgan fingerprint density at radius 2 is 2.06 bits per heavy atom. The molecule has 2 nitrogen and oxygen atoms in total. The second kappa shape index (κ2) is 5.35. The maximum atomic E-state index is 5.87. The first-order valence-electron chi connectivity index (χ1n) is 5.31. The molecule has 16 heavy (non-hydrogen) atoms. The molecule has 0 spiro atoms. The Bertz CT molecular complexity index is 380. The molecule has 1 aromatic rings. The van der Waals surface area contributed by atoms with Gasteiger partial charge in [-0.3, -0.25) is 0 Å². The SMILES string of the molecule is C/C(=N\OCc1cccc(Cl)c1)C(C)(C)C. The van der Waals surface area contributed by atoms with Crippen molar-refractivity contribution in [1.29, 1.82) is 0 Å². The summed E-state index contributed by atoms with van der Waals surface area (Å²) in [5.41, 5.74) is 2.06. The monoisotopic (exact) mass is 239 g/mol. The largest absolute Gasteiger partial charge is 0.391 e. The van der Waals surface area contributed by atoms with Crippen LogP contribution in [0.1, 0.15) is 33.3 Å². The van der Waals surface area contributed by atoms with Crippen LogP contribution in [0.25, 0.3) is 0 Å². The first kappa shape index (κ1) is 13.0. The van der Waals surface area contributed by atoms with E-state index in [9.17, 15) is 0 Å². The highest BCUT2D eigenvalue weighted by atomic mass is 35.5. The minimum atomic E-state index is 0.0499. The van der Waals surface area contributed by atoms with Crippen LogP contribution in [0.2, 0.25) is 5.02 Å². The van der Waals surface area contributed by atoms with E-state index < -0.39 is 0 Å². The van der Waals surface area contributed by atoms with Gasteiger partial charge in [-0.25, -0.2) is 0 Å². The summed E-state index contributed by atoms with van der Waals surface area (Å²) >= 11 is 5.87. The van der Waals surface area contributed by atoms with Crippen molar-refractivity contribution in [2.24, 2.45) is 10.6 Å². The van der Waals surface area contributed by atoms with E-state index in [1.54, 1.807) is 0 Å². The molecule has 0 N–H and O–H groups in total. The lowest BCUT2D eigenvalue weighted by Crippen LogP contribution is -2.17. The molecule has 0 radical (unpaired) electrons. The summed E-state index contributed by atoms with van der Waals surface area (Å²) in [4.78, 5) is 5.29. The molecule has 0 aromatic heterocycles. The number of oxime groups is 1. The molecule has 0 atom stereocenters. The highest BCUT2D eigenvalue weighted by Gasteiger charge is 2.14. The molecule has 3 heteroatoms. The van der Waals surface area contributed by atoms with E-state index in [2.05, 4.69) is 25.9 Å². The van der Waals surface area contributed by atoms with Crippen LogP contribution < -0.4 is 0 Å². The van der Waals surface area contributed by atoms with Gasteiger partial charge in [-0.1, -0.05) is 49.7 Å². The van der Waals surface area contributed by atoms with Crippen molar-refractivity contribution in [3.05, 3.63) is 34.9 Å². The van der Waals surface area contributed by atoms with Crippen LogP contribution in [0.4, 0.5) is 0 Å². The minimum absolute atomic E-state index is 0.0499. The maximum absolute atomic E-state index is 5.87. The molecule has 1 rings (SSSR count). The smallest absolute Gasteiger partial charge is 0.142 e. The molecule has 0 bridgehead atoms. The Hall–Kier alpha value is -1.02. The van der Waals surface area contributed by atoms with Gasteiger partial charge in [0, 0.05) is 10.4 Å². The van der Waals surface area contributed by atoms with Crippen molar-refractivity contribution < 1.29 is 4.84 Å². The maximum Gasteiger partial charge on any atom is 0.142 e. The Morgan fingerprint density at radius 1 is 1.38 bits per heavy atom. The van der Waals surface area contributed by atoms with Crippen LogP contribution >= 0.6 is 11.6 Å². The zero-order valence-electron chi connectivity index (χ0n) is 10.2. The van der Waals surface area contributed by atoms with Crippen LogP contribution in [-0.2, 0) is 11.4 Å². The van der Waals surface area contributed by atoms with Crippen LogP contribution in [0.5, 0.6) is 0 Å². The van der Waals surface area contributed by atoms with Crippen molar-refractivity contribution in [2.45, 2.75) is 34.3 Å². The van der Waals surface area contributed by atoms with E-state index in [0.29, 0.717) is 6.61 Å². The van der Waals surface area contributed by atoms with Gasteiger partial charge in [0.2, 0.25) is 0 Å². The summed E-state index contributed by atoms with van der Waals surface area (Å²) in [5.74, 6) is 0. The van der Waals surface area contributed by atoms with Gasteiger partial charge in [-0.15, -0.1) is 0 Å². The van der Waals surface area contributed by atoms with Crippen molar-refractivity contribution >= 4 is 17.3 Å². The molecule has 0 aliphatic carbocycles. The fourth-order valence-corrected chi connectivity index (χ4v) is 1.18. The normalized spacial score (nSPS) is 12.7. The Labute approximate surface area is 102 Å². The zero-order valence-corrected chi connectivity index (χ0v) is 11.0. The predicted octanol–water partition coefficient (Wildman–Crippen LogP) is 4.28. The third-order valence-electron chi connectivity index (χ3n) is 2.41. The van der Waals surface area contributed by atoms with E-state index in [4.69, 9.17) is 16.4 Å². The molecule has 88 valence electrons. The van der Waals surface area contributed by atoms with E-state index in [1.165, 1.54) is 0 Å². The van der Waals surface area contributed by atoms with Gasteiger partial charge in [0.05, 0.1) is 5.71 Å². The summed E-state index contributed by atoms with van der Waals surface area (Å²) in [6.45, 7) is 8.74. The van der Waals surface area contributed by atoms with Gasteiger partial charge in [-0.2, -0.15) is 0 Å². The molecular weight excluding hydrogens is 222 g/mol. The fourth-order valence-electron chi connectivity index (χ4n) is 0.967. The molecule has 0 aliphatic heterocycles. The van der Waals surface area contributed by atoms with Gasteiger partial charge in [0.25, 0.3) is 0 Å². The lowest BCUT2D eigenvalue weighted by molar-refractivity contribution is 0.127. The number of halogens is 1. The quantitative estimate of drug-likeness (QED) is 0.570. The van der Waals surface area contributed by atoms with Crippen LogP contribution in [0.15, 0.2) is 29.4 Å². The second-order valence-corrected chi connectivity index (χ2v) is 5.27. The Morgan fingerprint density at radius 3 is 2.62 bits per heavy atom. The van der Waals surface area contributed by atoms with Gasteiger partial charge in [0.1, 0.15) is 6.61 Å². The van der Waals surface area contributed by atoms with Crippen LogP contribution in [0, 0.1) is 5.41 Å². The highest BCUT2D eigenvalue weighted by molar-refractivity contribution is 6.30. The summed E-state index contributed by atoms with van der Waals surface area (Å²) in [5, 5.41) is 4.81. The lowest BCUT2D eigenvalue weighted by atomic mass is 9.91. The number of hydrogen-bond donors (Lipinski definition) is 0. The summed E-state index contributed by atoms with van der Waals surface area (Å²) in [7, 11) is 0. The Kier molecular flexibility index (Phi) is 4.36. The average Bonchev–Trinajstić information content (AvgIpc) is 2.16. The summed E-state index contributed by atoms with van der Waals surface area (Å²) in [6.07, 6.45) is 0. The fraction of sp³-hybridized carbons (Fsp3) is 0.462. The van der Waals surface area contributed by atoms with E-state index in [0.717, 1.165) is 16.3 Å². The van der Waals surface area contributed by atoms with Crippen LogP contribution in [-0.4, -0.2) is 5.71 Å². The Balaban J connectivity index is 2.53. The number of rotatable bonds is 3. The first-order valence-corrected chi connectivity index (χ1v) is 5.69. The van der Waals surface area contributed by atoms with Gasteiger partial charge in [-0.05, 0) is 24.6 Å². The minimum Gasteiger partial charge on any atom is -0.391 e. The molecule has 0 unspecified atom stereocenters. The molecule has 0 amide bonds. The molecule has 0 fully saturated rings. The van der Waals surface area contributed by atoms with Crippen LogP contribution in [0.3, 0.4) is 0 Å². The standard InChI is InChI=1S/C13H18ClNO/c1-10(13(2,3)4)15-16-9-11-6-5-7-12(14)8-11/h5-8H,9H2,1-4H3/b15-10+. The molecule has 0 aliphatic rings. The molecule has 0 heterocycles. The number of benzene rings is 1. The van der Waals surface area contributed by atoms with Crippen molar-refractivity contribution in [1.82, 2.24) is 0 Å². The average molecular weight is 240 g/mol. The molecule has 0 saturated heterocycles. The first-order chi connectivity index (χ1) is 7.39. The number of hydrogen-bond acceptors (Lipinski definition) is 2.